The van der Waals surface area contributed by atoms with E-state index in [1.165, 1.54) is 27.0 Å². The molecule has 14 nitrogen and oxygen atoms in total. The standard InChI is InChI=1S/C24H32N6O8S/c1-4-6-21-25-15(3)22-24(32)26-23(27-29(21)22)18-13-17(7-8-20(18)37-5-2)39(35,36)28-11-9-16(10-12-28)19(31)14-38-30(33)34/h7-8,13,16,19,31H,4-6,9-12,14H2,1-3H3,(H,26,27,32). The number of hydrogen-bond donors (Lipinski definition) is 2. The van der Waals surface area contributed by atoms with Crippen molar-refractivity contribution in [2.75, 3.05) is 26.3 Å². The van der Waals surface area contributed by atoms with Gasteiger partial charge in [-0.15, -0.1) is 15.2 Å². The number of benzene rings is 1. The summed E-state index contributed by atoms with van der Waals surface area (Å²) in [4.78, 5) is 34.9. The molecule has 2 N–H and O–H groups in total. The molecule has 3 aromatic rings. The van der Waals surface area contributed by atoms with Crippen molar-refractivity contribution >= 4 is 15.5 Å². The Labute approximate surface area is 224 Å². The van der Waals surface area contributed by atoms with Crippen molar-refractivity contribution in [2.45, 2.75) is 57.5 Å². The van der Waals surface area contributed by atoms with Gasteiger partial charge < -0.3 is 19.7 Å². The molecule has 0 amide bonds. The first-order valence-corrected chi connectivity index (χ1v) is 14.2. The topological polar surface area (TPSA) is 182 Å². The van der Waals surface area contributed by atoms with Gasteiger partial charge in [0.25, 0.3) is 10.6 Å². The van der Waals surface area contributed by atoms with E-state index in [2.05, 4.69) is 19.9 Å². The third-order valence-electron chi connectivity index (χ3n) is 6.75. The van der Waals surface area contributed by atoms with Crippen molar-refractivity contribution in [3.63, 3.8) is 0 Å². The van der Waals surface area contributed by atoms with E-state index in [0.717, 1.165) is 6.42 Å². The molecule has 1 aliphatic heterocycles. The zero-order chi connectivity index (χ0) is 28.3. The Balaban J connectivity index is 1.66. The Bertz CT molecular complexity index is 1510. The number of ether oxygens (including phenoxy) is 1. The minimum atomic E-state index is -3.95. The van der Waals surface area contributed by atoms with Gasteiger partial charge in [-0.2, -0.15) is 4.31 Å². The van der Waals surface area contributed by atoms with Gasteiger partial charge in [-0.3, -0.25) is 4.79 Å². The number of H-pyrrole nitrogens is 1. The lowest BCUT2D eigenvalue weighted by Crippen LogP contribution is -2.42. The van der Waals surface area contributed by atoms with Crippen molar-refractivity contribution in [1.82, 2.24) is 23.9 Å². The van der Waals surface area contributed by atoms with Crippen LogP contribution in [0.3, 0.4) is 0 Å². The molecule has 1 atom stereocenters. The van der Waals surface area contributed by atoms with E-state index in [4.69, 9.17) is 4.74 Å². The van der Waals surface area contributed by atoms with Crippen LogP contribution < -0.4 is 10.3 Å². The predicted molar refractivity (Wildman–Crippen MR) is 139 cm³/mol. The van der Waals surface area contributed by atoms with Crippen LogP contribution in [0.4, 0.5) is 0 Å². The maximum Gasteiger partial charge on any atom is 0.294 e. The Morgan fingerprint density at radius 2 is 2.00 bits per heavy atom. The van der Waals surface area contributed by atoms with Crippen molar-refractivity contribution in [1.29, 1.82) is 0 Å². The summed E-state index contributed by atoms with van der Waals surface area (Å²) >= 11 is 0. The average Bonchev–Trinajstić information content (AvgIpc) is 3.23. The average molecular weight is 565 g/mol. The van der Waals surface area contributed by atoms with Crippen molar-refractivity contribution in [2.24, 2.45) is 5.92 Å². The molecule has 0 aliphatic carbocycles. The molecule has 1 saturated heterocycles. The molecule has 1 aromatic carbocycles. The van der Waals surface area contributed by atoms with Gasteiger partial charge in [-0.1, -0.05) is 6.92 Å². The number of imidazole rings is 1. The number of aromatic amines is 1. The Morgan fingerprint density at radius 3 is 2.64 bits per heavy atom. The lowest BCUT2D eigenvalue weighted by atomic mass is 9.93. The maximum absolute atomic E-state index is 13.6. The largest absolute Gasteiger partial charge is 0.493 e. The van der Waals surface area contributed by atoms with E-state index >= 15 is 0 Å². The molecule has 39 heavy (non-hydrogen) atoms. The number of sulfonamides is 1. The van der Waals surface area contributed by atoms with E-state index in [1.807, 2.05) is 6.92 Å². The number of hydrogen-bond acceptors (Lipinski definition) is 10. The van der Waals surface area contributed by atoms with Crippen molar-refractivity contribution in [3.8, 4) is 17.1 Å². The van der Waals surface area contributed by atoms with Gasteiger partial charge in [-0.05, 0) is 57.2 Å². The summed E-state index contributed by atoms with van der Waals surface area (Å²) in [5.74, 6) is 0.813. The summed E-state index contributed by atoms with van der Waals surface area (Å²) in [5.41, 5.74) is 0.800. The highest BCUT2D eigenvalue weighted by Crippen LogP contribution is 2.33. The van der Waals surface area contributed by atoms with E-state index in [-0.39, 0.29) is 29.7 Å². The van der Waals surface area contributed by atoms with Crippen LogP contribution in [0.1, 0.15) is 44.6 Å². The first-order valence-electron chi connectivity index (χ1n) is 12.8. The summed E-state index contributed by atoms with van der Waals surface area (Å²) < 4.78 is 35.7. The number of nitrogens with one attached hydrogen (secondary N) is 1. The Kier molecular flexibility index (Phi) is 8.51. The van der Waals surface area contributed by atoms with Gasteiger partial charge in [0.2, 0.25) is 10.0 Å². The molecule has 15 heteroatoms. The van der Waals surface area contributed by atoms with E-state index in [1.54, 1.807) is 13.8 Å². The van der Waals surface area contributed by atoms with Gasteiger partial charge in [0.1, 0.15) is 18.2 Å². The van der Waals surface area contributed by atoms with Crippen LogP contribution in [0.15, 0.2) is 27.9 Å². The lowest BCUT2D eigenvalue weighted by molar-refractivity contribution is -0.759. The number of fused-ring (bicyclic) bond motifs is 1. The number of aliphatic hydroxyl groups excluding tert-OH is 1. The van der Waals surface area contributed by atoms with Crippen LogP contribution in [0.5, 0.6) is 5.75 Å². The summed E-state index contributed by atoms with van der Waals surface area (Å²) in [6.45, 7) is 5.63. The number of aromatic nitrogens is 4. The highest BCUT2D eigenvalue weighted by molar-refractivity contribution is 7.89. The van der Waals surface area contributed by atoms with E-state index in [9.17, 15) is 28.4 Å². The van der Waals surface area contributed by atoms with Crippen molar-refractivity contribution < 1.29 is 28.2 Å². The second kappa shape index (κ2) is 11.7. The molecule has 1 aliphatic rings. The van der Waals surface area contributed by atoms with Crippen LogP contribution in [0.25, 0.3) is 16.9 Å². The fourth-order valence-electron chi connectivity index (χ4n) is 4.80. The molecular formula is C24H32N6O8S. The van der Waals surface area contributed by atoms with Gasteiger partial charge in [0, 0.05) is 19.5 Å². The zero-order valence-electron chi connectivity index (χ0n) is 22.0. The van der Waals surface area contributed by atoms with Crippen molar-refractivity contribution in [3.05, 3.63) is 50.2 Å². The second-order valence-electron chi connectivity index (χ2n) is 9.35. The molecule has 3 heterocycles. The molecule has 0 radical (unpaired) electrons. The maximum atomic E-state index is 13.6. The summed E-state index contributed by atoms with van der Waals surface area (Å²) in [6, 6.07) is 4.41. The number of aryl methyl sites for hydroxylation is 2. The fraction of sp³-hybridized carbons (Fsp3) is 0.542. The molecule has 2 aromatic heterocycles. The van der Waals surface area contributed by atoms with Gasteiger partial charge in [-0.25, -0.2) is 17.9 Å². The van der Waals surface area contributed by atoms with Crippen LogP contribution in [0, 0.1) is 23.0 Å². The molecule has 0 spiro atoms. The molecule has 1 unspecified atom stereocenters. The lowest BCUT2D eigenvalue weighted by Gasteiger charge is -2.33. The van der Waals surface area contributed by atoms with Crippen LogP contribution in [-0.2, 0) is 21.3 Å². The summed E-state index contributed by atoms with van der Waals surface area (Å²) in [7, 11) is -3.95. The van der Waals surface area contributed by atoms with E-state index < -0.39 is 33.4 Å². The van der Waals surface area contributed by atoms with Crippen LogP contribution in [-0.4, -0.2) is 74.9 Å². The highest BCUT2D eigenvalue weighted by atomic mass is 32.2. The molecule has 1 fully saturated rings. The van der Waals surface area contributed by atoms with E-state index in [0.29, 0.717) is 54.2 Å². The predicted octanol–water partition coefficient (Wildman–Crippen LogP) is 1.71. The minimum Gasteiger partial charge on any atom is -0.493 e. The molecule has 0 saturated carbocycles. The molecule has 212 valence electrons. The number of piperidine rings is 1. The van der Waals surface area contributed by atoms with Gasteiger partial charge >= 0.3 is 0 Å². The number of nitrogens with zero attached hydrogens (tertiary/aromatic N) is 5. The smallest absolute Gasteiger partial charge is 0.294 e. The van der Waals surface area contributed by atoms with Gasteiger partial charge in [0.15, 0.2) is 11.3 Å². The monoisotopic (exact) mass is 564 g/mol. The van der Waals surface area contributed by atoms with Crippen LogP contribution >= 0.6 is 0 Å². The number of aliphatic hydroxyl groups is 1. The first kappa shape index (κ1) is 28.4. The minimum absolute atomic E-state index is 0.00465. The Hall–Kier alpha value is -3.56. The van der Waals surface area contributed by atoms with Crippen LogP contribution in [0.2, 0.25) is 0 Å². The quantitative estimate of drug-likeness (QED) is 0.257. The van der Waals surface area contributed by atoms with Gasteiger partial charge in [0.05, 0.1) is 28.9 Å². The molecule has 0 bridgehead atoms. The Morgan fingerprint density at radius 1 is 1.28 bits per heavy atom. The third-order valence-corrected chi connectivity index (χ3v) is 8.65. The fourth-order valence-corrected chi connectivity index (χ4v) is 6.30. The third kappa shape index (κ3) is 5.89. The molecular weight excluding hydrogens is 532 g/mol. The normalized spacial score (nSPS) is 15.9. The first-order chi connectivity index (χ1) is 18.6. The zero-order valence-corrected chi connectivity index (χ0v) is 22.8. The SMILES string of the molecule is CCCc1nc(C)c2c(=O)[nH]c(-c3cc(S(=O)(=O)N4CCC(C(O)CO[N+](=O)[O-])CC4)ccc3OCC)nn12. The highest BCUT2D eigenvalue weighted by Gasteiger charge is 2.33. The summed E-state index contributed by atoms with van der Waals surface area (Å²) in [6.07, 6.45) is 0.977. The number of rotatable bonds is 11. The second-order valence-corrected chi connectivity index (χ2v) is 11.3. The molecule has 4 rings (SSSR count). The summed E-state index contributed by atoms with van der Waals surface area (Å²) in [5, 5.41) is 24.2.